The van der Waals surface area contributed by atoms with Crippen molar-refractivity contribution in [1.82, 2.24) is 9.55 Å². The maximum absolute atomic E-state index is 12.4. The summed E-state index contributed by atoms with van der Waals surface area (Å²) in [6.07, 6.45) is 0. The minimum atomic E-state index is -0.0595. The molecule has 3 rings (SSSR count). The van der Waals surface area contributed by atoms with Crippen LogP contribution in [0.5, 0.6) is 0 Å². The summed E-state index contributed by atoms with van der Waals surface area (Å²) >= 11 is 8.01. The van der Waals surface area contributed by atoms with Crippen LogP contribution in [0.15, 0.2) is 23.0 Å². The first-order valence-corrected chi connectivity index (χ1v) is 8.26. The van der Waals surface area contributed by atoms with Crippen LogP contribution in [0.4, 0.5) is 5.69 Å². The number of aromatic nitrogens is 2. The Balaban J connectivity index is 2.12. The third-order valence-corrected chi connectivity index (χ3v) is 4.81. The molecule has 0 bridgehead atoms. The zero-order chi connectivity index (χ0) is 14.1. The Morgan fingerprint density at radius 3 is 2.80 bits per heavy atom. The molecule has 1 saturated heterocycles. The molecule has 1 aromatic heterocycles. The Hall–Kier alpha value is -1.20. The molecule has 20 heavy (non-hydrogen) atoms. The van der Waals surface area contributed by atoms with Gasteiger partial charge in [0.1, 0.15) is 0 Å². The van der Waals surface area contributed by atoms with E-state index in [0.717, 1.165) is 30.3 Å². The molecule has 0 radical (unpaired) electrons. The second kappa shape index (κ2) is 5.66. The molecule has 2 heterocycles. The minimum absolute atomic E-state index is 0.0595. The normalized spacial score (nSPS) is 15.8. The average Bonchev–Trinajstić information content (AvgIpc) is 2.48. The van der Waals surface area contributed by atoms with E-state index < -0.39 is 0 Å². The van der Waals surface area contributed by atoms with Crippen molar-refractivity contribution in [3.05, 3.63) is 33.8 Å². The molecular formula is C14H16ClN3OS. The smallest absolute Gasteiger partial charge is 0.262 e. The Morgan fingerprint density at radius 1 is 1.35 bits per heavy atom. The lowest BCUT2D eigenvalue weighted by molar-refractivity contribution is 0.718. The van der Waals surface area contributed by atoms with Crippen LogP contribution in [0.3, 0.4) is 0 Å². The van der Waals surface area contributed by atoms with E-state index in [1.54, 1.807) is 0 Å². The highest BCUT2D eigenvalue weighted by Crippen LogP contribution is 2.23. The lowest BCUT2D eigenvalue weighted by Crippen LogP contribution is -2.32. The Morgan fingerprint density at radius 2 is 2.10 bits per heavy atom. The molecule has 2 aromatic rings. The highest BCUT2D eigenvalue weighted by Gasteiger charge is 2.14. The molecule has 0 unspecified atom stereocenters. The van der Waals surface area contributed by atoms with E-state index in [2.05, 4.69) is 9.88 Å². The van der Waals surface area contributed by atoms with Crippen LogP contribution in [0.1, 0.15) is 6.92 Å². The van der Waals surface area contributed by atoms with E-state index in [1.165, 1.54) is 4.57 Å². The molecule has 1 aromatic carbocycles. The topological polar surface area (TPSA) is 38.1 Å². The lowest BCUT2D eigenvalue weighted by Gasteiger charge is -2.28. The van der Waals surface area contributed by atoms with E-state index in [9.17, 15) is 4.79 Å². The van der Waals surface area contributed by atoms with Crippen LogP contribution in [-0.4, -0.2) is 34.1 Å². The van der Waals surface area contributed by atoms with E-state index in [-0.39, 0.29) is 10.8 Å². The molecule has 4 nitrogen and oxygen atoms in total. The van der Waals surface area contributed by atoms with Gasteiger partial charge in [-0.05, 0) is 36.7 Å². The molecule has 0 spiro atoms. The van der Waals surface area contributed by atoms with Gasteiger partial charge in [-0.1, -0.05) is 0 Å². The van der Waals surface area contributed by atoms with Gasteiger partial charge < -0.3 is 4.90 Å². The second-order valence-electron chi connectivity index (χ2n) is 4.73. The van der Waals surface area contributed by atoms with Crippen molar-refractivity contribution in [3.63, 3.8) is 0 Å². The van der Waals surface area contributed by atoms with Crippen molar-refractivity contribution in [2.75, 3.05) is 29.5 Å². The largest absolute Gasteiger partial charge is 0.370 e. The van der Waals surface area contributed by atoms with Crippen molar-refractivity contribution in [2.24, 2.45) is 0 Å². The minimum Gasteiger partial charge on any atom is -0.370 e. The van der Waals surface area contributed by atoms with Gasteiger partial charge >= 0.3 is 0 Å². The first kappa shape index (κ1) is 13.8. The van der Waals surface area contributed by atoms with Gasteiger partial charge in [0.2, 0.25) is 5.28 Å². The van der Waals surface area contributed by atoms with E-state index >= 15 is 0 Å². The maximum Gasteiger partial charge on any atom is 0.262 e. The highest BCUT2D eigenvalue weighted by molar-refractivity contribution is 7.99. The summed E-state index contributed by atoms with van der Waals surface area (Å²) in [5, 5.41) is 0.902. The Labute approximate surface area is 126 Å². The molecule has 0 N–H and O–H groups in total. The summed E-state index contributed by atoms with van der Waals surface area (Å²) in [6, 6.07) is 5.86. The molecule has 1 aliphatic heterocycles. The van der Waals surface area contributed by atoms with Crippen molar-refractivity contribution in [2.45, 2.75) is 13.5 Å². The van der Waals surface area contributed by atoms with E-state index in [1.807, 2.05) is 36.9 Å². The average molecular weight is 310 g/mol. The van der Waals surface area contributed by atoms with Crippen LogP contribution >= 0.6 is 23.4 Å². The first-order chi connectivity index (χ1) is 9.70. The molecule has 106 valence electrons. The molecule has 0 saturated carbocycles. The van der Waals surface area contributed by atoms with Gasteiger partial charge in [-0.15, -0.1) is 0 Å². The van der Waals surface area contributed by atoms with Crippen LogP contribution in [0, 0.1) is 0 Å². The van der Waals surface area contributed by atoms with Gasteiger partial charge in [0.15, 0.2) is 0 Å². The number of thioether (sulfide) groups is 1. The lowest BCUT2D eigenvalue weighted by atomic mass is 10.2. The number of fused-ring (bicyclic) bond motifs is 1. The summed E-state index contributed by atoms with van der Waals surface area (Å²) < 4.78 is 1.50. The summed E-state index contributed by atoms with van der Waals surface area (Å²) in [5.41, 5.74) is 1.71. The van der Waals surface area contributed by atoms with Gasteiger partial charge in [0, 0.05) is 36.8 Å². The van der Waals surface area contributed by atoms with Crippen molar-refractivity contribution < 1.29 is 0 Å². The number of halogens is 1. The highest BCUT2D eigenvalue weighted by atomic mass is 35.5. The quantitative estimate of drug-likeness (QED) is 0.799. The predicted molar refractivity (Wildman–Crippen MR) is 86.2 cm³/mol. The van der Waals surface area contributed by atoms with Crippen LogP contribution in [0.25, 0.3) is 10.9 Å². The van der Waals surface area contributed by atoms with Crippen LogP contribution < -0.4 is 10.5 Å². The molecule has 0 atom stereocenters. The summed E-state index contributed by atoms with van der Waals surface area (Å²) in [4.78, 5) is 19.1. The van der Waals surface area contributed by atoms with Crippen LogP contribution in [0.2, 0.25) is 5.28 Å². The summed E-state index contributed by atoms with van der Waals surface area (Å²) in [7, 11) is 0. The number of hydrogen-bond acceptors (Lipinski definition) is 4. The zero-order valence-electron chi connectivity index (χ0n) is 11.3. The molecule has 1 fully saturated rings. The Kier molecular flexibility index (Phi) is 3.89. The SMILES string of the molecule is CCn1c(Cl)nc2ccc(N3CCSCC3)cc2c1=O. The number of rotatable bonds is 2. The monoisotopic (exact) mass is 309 g/mol. The van der Waals surface area contributed by atoms with Crippen LogP contribution in [-0.2, 0) is 6.54 Å². The first-order valence-electron chi connectivity index (χ1n) is 6.73. The van der Waals surface area contributed by atoms with Gasteiger partial charge in [-0.2, -0.15) is 11.8 Å². The fourth-order valence-electron chi connectivity index (χ4n) is 2.47. The molecule has 6 heteroatoms. The number of benzene rings is 1. The molecule has 0 amide bonds. The third-order valence-electron chi connectivity index (χ3n) is 3.58. The second-order valence-corrected chi connectivity index (χ2v) is 6.29. The van der Waals surface area contributed by atoms with Gasteiger partial charge in [0.25, 0.3) is 5.56 Å². The van der Waals surface area contributed by atoms with E-state index in [0.29, 0.717) is 17.4 Å². The number of nitrogens with zero attached hydrogens (tertiary/aromatic N) is 3. The van der Waals surface area contributed by atoms with E-state index in [4.69, 9.17) is 11.6 Å². The third kappa shape index (κ3) is 2.40. The van der Waals surface area contributed by atoms with Crippen molar-refractivity contribution in [3.8, 4) is 0 Å². The fraction of sp³-hybridized carbons (Fsp3) is 0.429. The molecule has 1 aliphatic rings. The van der Waals surface area contributed by atoms with Gasteiger partial charge in [-0.3, -0.25) is 9.36 Å². The Bertz CT molecular complexity index is 695. The number of hydrogen-bond donors (Lipinski definition) is 0. The summed E-state index contributed by atoms with van der Waals surface area (Å²) in [6.45, 7) is 4.48. The van der Waals surface area contributed by atoms with Gasteiger partial charge in [0.05, 0.1) is 10.9 Å². The molecular weight excluding hydrogens is 294 g/mol. The van der Waals surface area contributed by atoms with Crippen molar-refractivity contribution in [1.29, 1.82) is 0 Å². The molecule has 0 aliphatic carbocycles. The van der Waals surface area contributed by atoms with Gasteiger partial charge in [-0.25, -0.2) is 4.98 Å². The summed E-state index contributed by atoms with van der Waals surface area (Å²) in [5.74, 6) is 2.27. The maximum atomic E-state index is 12.4. The predicted octanol–water partition coefficient (Wildman–Crippen LogP) is 2.62. The van der Waals surface area contributed by atoms with Crippen molar-refractivity contribution >= 4 is 40.0 Å². The zero-order valence-corrected chi connectivity index (χ0v) is 12.9. The number of anilines is 1. The fourth-order valence-corrected chi connectivity index (χ4v) is 3.66. The standard InChI is InChI=1S/C14H16ClN3OS/c1-2-18-13(19)11-9-10(17-5-7-20-8-6-17)3-4-12(11)16-14(18)15/h3-4,9H,2,5-8H2,1H3.